The molecule has 9 aromatic carbocycles. The maximum absolute atomic E-state index is 6.23. The molecule has 0 unspecified atom stereocenters. The quantitative estimate of drug-likeness (QED) is 0.173. The Balaban J connectivity index is 1.000. The molecule has 3 nitrogen and oxygen atoms in total. The maximum Gasteiger partial charge on any atom is 0.136 e. The van der Waals surface area contributed by atoms with Crippen LogP contribution in [0.15, 0.2) is 209 Å². The monoisotopic (exact) mass is 703 g/mol. The normalized spacial score (nSPS) is 11.6. The minimum atomic E-state index is 0.898. The van der Waals surface area contributed by atoms with Crippen LogP contribution in [0.25, 0.3) is 88.0 Å². The number of benzene rings is 9. The summed E-state index contributed by atoms with van der Waals surface area (Å²) in [5.74, 6) is 0. The number of anilines is 3. The summed E-state index contributed by atoms with van der Waals surface area (Å²) in [6, 6.07) is 71.2. The standard InChI is InChI=1S/C52H33NO2/c1-2-13-43-36(9-1)10-8-16-44(43)39-11-7-12-42(31-39)53(40-25-19-34(20-26-40)37-24-30-51-48(32-37)46-15-4-6-18-50(46)54-51)41-27-21-35(22-28-41)38-23-29-47-45-14-3-5-17-49(45)55-52(47)33-38/h1-33H. The van der Waals surface area contributed by atoms with Crippen LogP contribution in [0.1, 0.15) is 0 Å². The second kappa shape index (κ2) is 12.6. The Kier molecular flexibility index (Phi) is 7.17. The number of hydrogen-bond acceptors (Lipinski definition) is 3. The van der Waals surface area contributed by atoms with Crippen LogP contribution in [-0.2, 0) is 0 Å². The van der Waals surface area contributed by atoms with Gasteiger partial charge in [-0.05, 0) is 117 Å². The number of nitrogens with zero attached hydrogens (tertiary/aromatic N) is 1. The minimum absolute atomic E-state index is 0.898. The summed E-state index contributed by atoms with van der Waals surface area (Å²) in [5.41, 5.74) is 13.8. The molecule has 0 spiro atoms. The number of fused-ring (bicyclic) bond motifs is 7. The first-order valence-electron chi connectivity index (χ1n) is 18.7. The van der Waals surface area contributed by atoms with Gasteiger partial charge in [-0.3, -0.25) is 0 Å². The molecular formula is C52H33NO2. The van der Waals surface area contributed by atoms with Crippen LogP contribution in [0, 0.1) is 0 Å². The van der Waals surface area contributed by atoms with Crippen molar-refractivity contribution >= 4 is 71.7 Å². The van der Waals surface area contributed by atoms with Gasteiger partial charge in [0.25, 0.3) is 0 Å². The minimum Gasteiger partial charge on any atom is -0.456 e. The van der Waals surface area contributed by atoms with Crippen LogP contribution in [0.2, 0.25) is 0 Å². The van der Waals surface area contributed by atoms with Crippen molar-refractivity contribution in [2.24, 2.45) is 0 Å². The molecule has 2 aromatic heterocycles. The number of hydrogen-bond donors (Lipinski definition) is 0. The molecule has 11 aromatic rings. The van der Waals surface area contributed by atoms with E-state index in [1.54, 1.807) is 0 Å². The summed E-state index contributed by atoms with van der Waals surface area (Å²) in [5, 5.41) is 7.01. The molecule has 11 rings (SSSR count). The molecule has 0 saturated carbocycles. The van der Waals surface area contributed by atoms with Gasteiger partial charge in [0.2, 0.25) is 0 Å². The van der Waals surface area contributed by atoms with Crippen molar-refractivity contribution in [3.05, 3.63) is 200 Å². The fourth-order valence-corrected chi connectivity index (χ4v) is 8.15. The summed E-state index contributed by atoms with van der Waals surface area (Å²) < 4.78 is 12.3. The molecule has 0 aliphatic heterocycles. The Labute approximate surface area is 317 Å². The Bertz CT molecular complexity index is 3200. The summed E-state index contributed by atoms with van der Waals surface area (Å²) >= 11 is 0. The molecule has 0 fully saturated rings. The Morgan fingerprint density at radius 1 is 0.273 bits per heavy atom. The summed E-state index contributed by atoms with van der Waals surface area (Å²) in [7, 11) is 0. The molecule has 0 amide bonds. The van der Waals surface area contributed by atoms with E-state index in [0.717, 1.165) is 83.2 Å². The fourth-order valence-electron chi connectivity index (χ4n) is 8.15. The van der Waals surface area contributed by atoms with Crippen molar-refractivity contribution in [3.63, 3.8) is 0 Å². The third-order valence-corrected chi connectivity index (χ3v) is 10.9. The van der Waals surface area contributed by atoms with Gasteiger partial charge in [-0.2, -0.15) is 0 Å². The van der Waals surface area contributed by atoms with Crippen LogP contribution in [0.3, 0.4) is 0 Å². The van der Waals surface area contributed by atoms with E-state index >= 15 is 0 Å². The highest BCUT2D eigenvalue weighted by Crippen LogP contribution is 2.41. The van der Waals surface area contributed by atoms with E-state index in [4.69, 9.17) is 8.83 Å². The van der Waals surface area contributed by atoms with Gasteiger partial charge in [-0.1, -0.05) is 127 Å². The SMILES string of the molecule is c1cc(-c2cccc3ccccc23)cc(N(c2ccc(-c3ccc4c(c3)oc3ccccc34)cc2)c2ccc(-c3ccc4oc5ccccc5c4c3)cc2)c1. The molecule has 3 heteroatoms. The van der Waals surface area contributed by atoms with Gasteiger partial charge in [0.15, 0.2) is 0 Å². The number of furan rings is 2. The zero-order valence-electron chi connectivity index (χ0n) is 29.8. The highest BCUT2D eigenvalue weighted by molar-refractivity contribution is 6.07. The van der Waals surface area contributed by atoms with E-state index in [1.807, 2.05) is 24.3 Å². The predicted octanol–water partition coefficient (Wildman–Crippen LogP) is 15.1. The van der Waals surface area contributed by atoms with Crippen molar-refractivity contribution < 1.29 is 8.83 Å². The van der Waals surface area contributed by atoms with E-state index < -0.39 is 0 Å². The van der Waals surface area contributed by atoms with Crippen LogP contribution in [-0.4, -0.2) is 0 Å². The second-order valence-corrected chi connectivity index (χ2v) is 14.1. The highest BCUT2D eigenvalue weighted by atomic mass is 16.3. The third kappa shape index (κ3) is 5.36. The first kappa shape index (κ1) is 31.2. The molecule has 0 N–H and O–H groups in total. The summed E-state index contributed by atoms with van der Waals surface area (Å²) in [6.45, 7) is 0. The Morgan fingerprint density at radius 2 is 0.800 bits per heavy atom. The van der Waals surface area contributed by atoms with Crippen molar-refractivity contribution in [1.82, 2.24) is 0 Å². The van der Waals surface area contributed by atoms with Crippen molar-refractivity contribution in [1.29, 1.82) is 0 Å². The van der Waals surface area contributed by atoms with E-state index in [9.17, 15) is 0 Å². The van der Waals surface area contributed by atoms with E-state index in [2.05, 4.69) is 181 Å². The van der Waals surface area contributed by atoms with Crippen LogP contribution in [0.4, 0.5) is 17.1 Å². The molecule has 258 valence electrons. The molecule has 0 atom stereocenters. The van der Waals surface area contributed by atoms with Gasteiger partial charge in [0.05, 0.1) is 0 Å². The number of rotatable bonds is 6. The maximum atomic E-state index is 6.23. The summed E-state index contributed by atoms with van der Waals surface area (Å²) in [6.07, 6.45) is 0. The van der Waals surface area contributed by atoms with Crippen LogP contribution in [0.5, 0.6) is 0 Å². The van der Waals surface area contributed by atoms with Crippen molar-refractivity contribution in [3.8, 4) is 33.4 Å². The van der Waals surface area contributed by atoms with Crippen molar-refractivity contribution in [2.45, 2.75) is 0 Å². The van der Waals surface area contributed by atoms with Gasteiger partial charge in [-0.15, -0.1) is 0 Å². The molecule has 0 bridgehead atoms. The summed E-state index contributed by atoms with van der Waals surface area (Å²) in [4.78, 5) is 2.34. The molecule has 2 heterocycles. The molecule has 0 aliphatic rings. The topological polar surface area (TPSA) is 29.5 Å². The first-order chi connectivity index (χ1) is 27.2. The van der Waals surface area contributed by atoms with Gasteiger partial charge >= 0.3 is 0 Å². The largest absolute Gasteiger partial charge is 0.456 e. The van der Waals surface area contributed by atoms with Gasteiger partial charge in [-0.25, -0.2) is 0 Å². The van der Waals surface area contributed by atoms with Gasteiger partial charge < -0.3 is 13.7 Å². The highest BCUT2D eigenvalue weighted by Gasteiger charge is 2.16. The average Bonchev–Trinajstić information content (AvgIpc) is 3.82. The lowest BCUT2D eigenvalue weighted by Gasteiger charge is -2.26. The number of para-hydroxylation sites is 2. The predicted molar refractivity (Wildman–Crippen MR) is 229 cm³/mol. The fraction of sp³-hybridized carbons (Fsp3) is 0. The van der Waals surface area contributed by atoms with Gasteiger partial charge in [0.1, 0.15) is 22.3 Å². The van der Waals surface area contributed by atoms with E-state index in [-0.39, 0.29) is 0 Å². The van der Waals surface area contributed by atoms with Crippen LogP contribution < -0.4 is 4.90 Å². The van der Waals surface area contributed by atoms with Crippen molar-refractivity contribution in [2.75, 3.05) is 4.90 Å². The smallest absolute Gasteiger partial charge is 0.136 e. The first-order valence-corrected chi connectivity index (χ1v) is 18.7. The molecule has 0 radical (unpaired) electrons. The molecule has 0 saturated heterocycles. The van der Waals surface area contributed by atoms with E-state index in [0.29, 0.717) is 0 Å². The average molecular weight is 704 g/mol. The second-order valence-electron chi connectivity index (χ2n) is 14.1. The lowest BCUT2D eigenvalue weighted by Crippen LogP contribution is -2.10. The Morgan fingerprint density at radius 3 is 1.55 bits per heavy atom. The Hall–Kier alpha value is -7.36. The lowest BCUT2D eigenvalue weighted by molar-refractivity contribution is 0.668. The molecule has 0 aliphatic carbocycles. The third-order valence-electron chi connectivity index (χ3n) is 10.9. The van der Waals surface area contributed by atoms with Crippen LogP contribution >= 0.6 is 0 Å². The molecule has 55 heavy (non-hydrogen) atoms. The lowest BCUT2D eigenvalue weighted by atomic mass is 9.97. The molecular weight excluding hydrogens is 671 g/mol. The zero-order valence-corrected chi connectivity index (χ0v) is 29.8. The zero-order chi connectivity index (χ0) is 36.3. The van der Waals surface area contributed by atoms with E-state index in [1.165, 1.54) is 21.9 Å². The van der Waals surface area contributed by atoms with Gasteiger partial charge in [0, 0.05) is 38.6 Å².